The first kappa shape index (κ1) is 11.6. The Hall–Kier alpha value is -1.86. The molecule has 0 atom stereocenters. The first-order valence-electron chi connectivity index (χ1n) is 5.45. The molecule has 17 heavy (non-hydrogen) atoms. The number of carbonyl (C=O) groups excluding carboxylic acids is 1. The zero-order valence-corrected chi connectivity index (χ0v) is 9.56. The maximum Gasteiger partial charge on any atom is 0.337 e. The molecule has 0 unspecified atom stereocenters. The van der Waals surface area contributed by atoms with Crippen molar-refractivity contribution in [1.29, 1.82) is 5.26 Å². The summed E-state index contributed by atoms with van der Waals surface area (Å²) in [5, 5.41) is 19.1. The molecular weight excluding hydrogens is 218 g/mol. The summed E-state index contributed by atoms with van der Waals surface area (Å²) in [6.45, 7) is 0. The molecule has 1 aliphatic carbocycles. The molecule has 1 aromatic carbocycles. The molecule has 0 spiro atoms. The SMILES string of the molecule is COC(=O)c1cc(C#N)cc(C2(O)CCC2)c1. The van der Waals surface area contributed by atoms with E-state index in [1.165, 1.54) is 13.2 Å². The molecule has 0 aliphatic heterocycles. The first-order valence-corrected chi connectivity index (χ1v) is 5.45. The number of carbonyl (C=O) groups is 1. The summed E-state index contributed by atoms with van der Waals surface area (Å²) < 4.78 is 4.63. The lowest BCUT2D eigenvalue weighted by Gasteiger charge is -2.37. The van der Waals surface area contributed by atoms with Crippen LogP contribution in [0.5, 0.6) is 0 Å². The van der Waals surface area contributed by atoms with Crippen LogP contribution in [0.2, 0.25) is 0 Å². The van der Waals surface area contributed by atoms with Gasteiger partial charge in [-0.1, -0.05) is 0 Å². The van der Waals surface area contributed by atoms with Crippen molar-refractivity contribution in [3.8, 4) is 6.07 Å². The monoisotopic (exact) mass is 231 g/mol. The predicted molar refractivity (Wildman–Crippen MR) is 60.2 cm³/mol. The van der Waals surface area contributed by atoms with Crippen LogP contribution in [0.4, 0.5) is 0 Å². The Morgan fingerprint density at radius 2 is 2.18 bits per heavy atom. The molecule has 0 heterocycles. The molecule has 1 fully saturated rings. The highest BCUT2D eigenvalue weighted by Crippen LogP contribution is 2.41. The molecule has 1 aliphatic rings. The van der Waals surface area contributed by atoms with Gasteiger partial charge in [-0.25, -0.2) is 4.79 Å². The summed E-state index contributed by atoms with van der Waals surface area (Å²) in [7, 11) is 1.29. The third kappa shape index (κ3) is 2.02. The normalized spacial score (nSPS) is 16.8. The number of nitrogens with zero attached hydrogens (tertiary/aromatic N) is 1. The topological polar surface area (TPSA) is 70.3 Å². The van der Waals surface area contributed by atoms with Gasteiger partial charge in [0.1, 0.15) is 0 Å². The smallest absolute Gasteiger partial charge is 0.337 e. The maximum atomic E-state index is 11.5. The zero-order valence-electron chi connectivity index (χ0n) is 9.56. The minimum atomic E-state index is -0.879. The van der Waals surface area contributed by atoms with Crippen molar-refractivity contribution in [2.75, 3.05) is 7.11 Å². The van der Waals surface area contributed by atoms with Gasteiger partial charge in [0.15, 0.2) is 0 Å². The van der Waals surface area contributed by atoms with Gasteiger partial charge in [-0.15, -0.1) is 0 Å². The number of nitriles is 1. The minimum absolute atomic E-state index is 0.307. The van der Waals surface area contributed by atoms with Crippen LogP contribution in [0.3, 0.4) is 0 Å². The molecule has 1 saturated carbocycles. The molecule has 88 valence electrons. The van der Waals surface area contributed by atoms with E-state index in [-0.39, 0.29) is 0 Å². The minimum Gasteiger partial charge on any atom is -0.465 e. The van der Waals surface area contributed by atoms with E-state index in [1.54, 1.807) is 12.1 Å². The Morgan fingerprint density at radius 1 is 1.47 bits per heavy atom. The molecular formula is C13H13NO3. The van der Waals surface area contributed by atoms with Gasteiger partial charge in [-0.3, -0.25) is 0 Å². The molecule has 4 nitrogen and oxygen atoms in total. The highest BCUT2D eigenvalue weighted by molar-refractivity contribution is 5.90. The van der Waals surface area contributed by atoms with Crippen molar-refractivity contribution in [3.63, 3.8) is 0 Å². The van der Waals surface area contributed by atoms with Crippen LogP contribution in [0.1, 0.15) is 40.7 Å². The van der Waals surface area contributed by atoms with Crippen LogP contribution >= 0.6 is 0 Å². The Balaban J connectivity index is 2.46. The molecule has 0 amide bonds. The van der Waals surface area contributed by atoms with Crippen LogP contribution in [-0.2, 0) is 10.3 Å². The lowest BCUT2D eigenvalue weighted by molar-refractivity contribution is -0.0388. The number of esters is 1. The number of benzene rings is 1. The molecule has 0 bridgehead atoms. The number of ether oxygens (including phenoxy) is 1. The van der Waals surface area contributed by atoms with E-state index < -0.39 is 11.6 Å². The van der Waals surface area contributed by atoms with Crippen LogP contribution in [0.15, 0.2) is 18.2 Å². The van der Waals surface area contributed by atoms with Crippen molar-refractivity contribution >= 4 is 5.97 Å². The van der Waals surface area contributed by atoms with Crippen LogP contribution in [0.25, 0.3) is 0 Å². The molecule has 4 heteroatoms. The summed E-state index contributed by atoms with van der Waals surface area (Å²) >= 11 is 0. The van der Waals surface area contributed by atoms with Crippen molar-refractivity contribution in [1.82, 2.24) is 0 Å². The van der Waals surface area contributed by atoms with Crippen molar-refractivity contribution in [2.45, 2.75) is 24.9 Å². The highest BCUT2D eigenvalue weighted by Gasteiger charge is 2.36. The van der Waals surface area contributed by atoms with Gasteiger partial charge in [0.2, 0.25) is 0 Å². The number of aliphatic hydroxyl groups is 1. The van der Waals surface area contributed by atoms with E-state index in [0.717, 1.165) is 6.42 Å². The fraction of sp³-hybridized carbons (Fsp3) is 0.385. The summed E-state index contributed by atoms with van der Waals surface area (Å²) in [6, 6.07) is 6.69. The predicted octanol–water partition coefficient (Wildman–Crippen LogP) is 1.72. The molecule has 1 N–H and O–H groups in total. The maximum absolute atomic E-state index is 11.5. The summed E-state index contributed by atoms with van der Waals surface area (Å²) in [5.74, 6) is -0.494. The van der Waals surface area contributed by atoms with E-state index in [1.807, 2.05) is 6.07 Å². The third-order valence-electron chi connectivity index (χ3n) is 3.20. The Morgan fingerprint density at radius 3 is 2.65 bits per heavy atom. The van der Waals surface area contributed by atoms with Gasteiger partial charge in [0.05, 0.1) is 29.9 Å². The number of methoxy groups -OCH3 is 1. The lowest BCUT2D eigenvalue weighted by atomic mass is 9.74. The standard InChI is InChI=1S/C13H13NO3/c1-17-12(15)10-5-9(8-14)6-11(7-10)13(16)3-2-4-13/h5-7,16H,2-4H2,1H3. The number of rotatable bonds is 2. The Kier molecular flexibility index (Phi) is 2.86. The van der Waals surface area contributed by atoms with Crippen molar-refractivity contribution in [2.24, 2.45) is 0 Å². The van der Waals surface area contributed by atoms with E-state index in [2.05, 4.69) is 4.74 Å². The van der Waals surface area contributed by atoms with Gasteiger partial charge in [-0.05, 0) is 43.0 Å². The van der Waals surface area contributed by atoms with Crippen LogP contribution in [-0.4, -0.2) is 18.2 Å². The second kappa shape index (κ2) is 4.19. The van der Waals surface area contributed by atoms with Gasteiger partial charge >= 0.3 is 5.97 Å². The van der Waals surface area contributed by atoms with Crippen molar-refractivity contribution < 1.29 is 14.6 Å². The largest absolute Gasteiger partial charge is 0.465 e. The quantitative estimate of drug-likeness (QED) is 0.787. The molecule has 0 saturated heterocycles. The average molecular weight is 231 g/mol. The molecule has 1 aromatic rings. The second-order valence-corrected chi connectivity index (χ2v) is 4.29. The van der Waals surface area contributed by atoms with Gasteiger partial charge < -0.3 is 9.84 Å². The van der Waals surface area contributed by atoms with Gasteiger partial charge in [0.25, 0.3) is 0 Å². The molecule has 0 aromatic heterocycles. The first-order chi connectivity index (χ1) is 8.09. The number of hydrogen-bond donors (Lipinski definition) is 1. The molecule has 0 radical (unpaired) electrons. The van der Waals surface area contributed by atoms with E-state index >= 15 is 0 Å². The summed E-state index contributed by atoms with van der Waals surface area (Å²) in [4.78, 5) is 11.5. The van der Waals surface area contributed by atoms with Crippen molar-refractivity contribution in [3.05, 3.63) is 34.9 Å². The van der Waals surface area contributed by atoms with Crippen LogP contribution in [0, 0.1) is 11.3 Å². The lowest BCUT2D eigenvalue weighted by Crippen LogP contribution is -2.33. The van der Waals surface area contributed by atoms with E-state index in [0.29, 0.717) is 29.5 Å². The Bertz CT molecular complexity index is 498. The summed E-state index contributed by atoms with van der Waals surface area (Å²) in [6.07, 6.45) is 2.30. The summed E-state index contributed by atoms with van der Waals surface area (Å²) in [5.41, 5.74) is 0.420. The third-order valence-corrected chi connectivity index (χ3v) is 3.20. The van der Waals surface area contributed by atoms with E-state index in [4.69, 9.17) is 5.26 Å². The highest BCUT2D eigenvalue weighted by atomic mass is 16.5. The van der Waals surface area contributed by atoms with Gasteiger partial charge in [0, 0.05) is 0 Å². The second-order valence-electron chi connectivity index (χ2n) is 4.29. The van der Waals surface area contributed by atoms with Gasteiger partial charge in [-0.2, -0.15) is 5.26 Å². The van der Waals surface area contributed by atoms with Crippen LogP contribution < -0.4 is 0 Å². The number of hydrogen-bond acceptors (Lipinski definition) is 4. The fourth-order valence-electron chi connectivity index (χ4n) is 2.00. The van der Waals surface area contributed by atoms with E-state index in [9.17, 15) is 9.90 Å². The molecule has 2 rings (SSSR count). The Labute approximate surface area is 99.4 Å². The average Bonchev–Trinajstić information content (AvgIpc) is 2.34. The fourth-order valence-corrected chi connectivity index (χ4v) is 2.00. The zero-order chi connectivity index (χ0) is 12.5.